The van der Waals surface area contributed by atoms with E-state index in [0.717, 1.165) is 42.7 Å². The van der Waals surface area contributed by atoms with E-state index in [-0.39, 0.29) is 55.4 Å². The molecule has 0 spiro atoms. The van der Waals surface area contributed by atoms with Crippen molar-refractivity contribution in [1.82, 2.24) is 0 Å². The Morgan fingerprint density at radius 1 is 0.411 bits per heavy atom. The molecule has 3 aliphatic carbocycles. The second-order valence-corrected chi connectivity index (χ2v) is 36.6. The number of anilines is 9. The van der Waals surface area contributed by atoms with Crippen LogP contribution in [0, 0.1) is 6.92 Å². The zero-order chi connectivity index (χ0) is 64.3. The number of thiophene rings is 1. The number of hydrogen-bond donors (Lipinski definition) is 0. The van der Waals surface area contributed by atoms with E-state index in [1.165, 1.54) is 139 Å². The van der Waals surface area contributed by atoms with E-state index in [4.69, 9.17) is 0 Å². The van der Waals surface area contributed by atoms with Crippen molar-refractivity contribution in [2.24, 2.45) is 0 Å². The average Bonchev–Trinajstić information content (AvgIpc) is 0.945. The SMILES string of the molecule is Cc1cc2c(cc1N1c3cc(N(c4ccc(C(C)(C)C)cc4)c4ccc(C(C)(C)C)cc4)cc4c3B(c3cc5c(cc3N4c3ccc4c(c3)C(C)(C)CCC4(C)C)C(C)(C)CCC5(C)C)c3ccc4sc5c(C(C)(C)C)cccc5c4c31)C(C)(C)CCC2(C)C. The van der Waals surface area contributed by atoms with Crippen LogP contribution in [0.1, 0.15) is 240 Å². The summed E-state index contributed by atoms with van der Waals surface area (Å²) in [5, 5.41) is 2.72. The van der Waals surface area contributed by atoms with Gasteiger partial charge in [-0.2, -0.15) is 0 Å². The lowest BCUT2D eigenvalue weighted by atomic mass is 9.33. The van der Waals surface area contributed by atoms with E-state index in [9.17, 15) is 0 Å². The fourth-order valence-electron chi connectivity index (χ4n) is 17.0. The Morgan fingerprint density at radius 2 is 0.878 bits per heavy atom. The lowest BCUT2D eigenvalue weighted by molar-refractivity contribution is 0.332. The van der Waals surface area contributed by atoms with Gasteiger partial charge in [0.15, 0.2) is 0 Å². The molecule has 0 fully saturated rings. The second kappa shape index (κ2) is 19.7. The van der Waals surface area contributed by atoms with Gasteiger partial charge < -0.3 is 14.7 Å². The van der Waals surface area contributed by atoms with Crippen LogP contribution in [0.4, 0.5) is 51.2 Å². The molecule has 5 heteroatoms. The van der Waals surface area contributed by atoms with Crippen molar-refractivity contribution in [2.45, 2.75) is 240 Å². The van der Waals surface area contributed by atoms with Gasteiger partial charge in [0.25, 0.3) is 6.71 Å². The first kappa shape index (κ1) is 61.0. The van der Waals surface area contributed by atoms with Gasteiger partial charge in [-0.25, -0.2) is 0 Å². The first-order valence-corrected chi connectivity index (χ1v) is 35.0. The number of fused-ring (bicyclic) bond motifs is 11. The van der Waals surface area contributed by atoms with Crippen LogP contribution in [0.5, 0.6) is 0 Å². The molecule has 0 amide bonds. The van der Waals surface area contributed by atoms with Gasteiger partial charge in [0.1, 0.15) is 0 Å². The molecule has 3 heterocycles. The normalized spacial score (nSPS) is 19.0. The number of rotatable bonds is 5. The molecule has 14 rings (SSSR count). The maximum absolute atomic E-state index is 2.83. The Balaban J connectivity index is 1.19. The van der Waals surface area contributed by atoms with Crippen molar-refractivity contribution in [1.29, 1.82) is 0 Å². The van der Waals surface area contributed by atoms with Crippen LogP contribution in [0.3, 0.4) is 0 Å². The molecule has 3 nitrogen and oxygen atoms in total. The van der Waals surface area contributed by atoms with Gasteiger partial charge in [0, 0.05) is 60.0 Å². The van der Waals surface area contributed by atoms with Gasteiger partial charge in [-0.05, 0) is 233 Å². The molecular formula is C85H100BN3S. The first-order chi connectivity index (χ1) is 41.9. The summed E-state index contributed by atoms with van der Waals surface area (Å²) in [5.74, 6) is 0. The highest BCUT2D eigenvalue weighted by Crippen LogP contribution is 2.58. The number of nitrogens with zero attached hydrogens (tertiary/aromatic N) is 3. The Morgan fingerprint density at radius 3 is 1.39 bits per heavy atom. The summed E-state index contributed by atoms with van der Waals surface area (Å²) in [6.07, 6.45) is 6.93. The van der Waals surface area contributed by atoms with Gasteiger partial charge in [-0.15, -0.1) is 11.3 Å². The Bertz CT molecular complexity index is 4380. The van der Waals surface area contributed by atoms with Crippen molar-refractivity contribution < 1.29 is 0 Å². The van der Waals surface area contributed by atoms with Crippen molar-refractivity contribution >= 4 is 106 Å². The molecule has 8 aromatic carbocycles. The highest BCUT2D eigenvalue weighted by Gasteiger charge is 2.49. The van der Waals surface area contributed by atoms with E-state index in [1.54, 1.807) is 0 Å². The fraction of sp³-hybridized carbons (Fsp3) is 0.435. The minimum Gasteiger partial charge on any atom is -0.311 e. The van der Waals surface area contributed by atoms with Crippen LogP contribution < -0.4 is 31.1 Å². The predicted octanol–water partition coefficient (Wildman–Crippen LogP) is 22.9. The Hall–Kier alpha value is -6.56. The van der Waals surface area contributed by atoms with Crippen LogP contribution in [0.15, 0.2) is 133 Å². The van der Waals surface area contributed by atoms with Crippen molar-refractivity contribution in [3.63, 3.8) is 0 Å². The summed E-state index contributed by atoms with van der Waals surface area (Å²) >= 11 is 2.00. The number of aryl methyl sites for hydroxylation is 1. The van der Waals surface area contributed by atoms with Crippen LogP contribution >= 0.6 is 11.3 Å². The molecule has 5 aliphatic rings. The van der Waals surface area contributed by atoms with Crippen LogP contribution in [-0.2, 0) is 48.7 Å². The Labute approximate surface area is 545 Å². The number of hydrogen-bond acceptors (Lipinski definition) is 4. The van der Waals surface area contributed by atoms with Crippen molar-refractivity contribution in [3.8, 4) is 0 Å². The van der Waals surface area contributed by atoms with Gasteiger partial charge in [-0.1, -0.05) is 212 Å². The monoisotopic (exact) mass is 1210 g/mol. The molecule has 0 saturated carbocycles. The van der Waals surface area contributed by atoms with Crippen molar-refractivity contribution in [2.75, 3.05) is 14.7 Å². The first-order valence-electron chi connectivity index (χ1n) is 34.2. The zero-order valence-electron chi connectivity index (χ0n) is 58.8. The van der Waals surface area contributed by atoms with Gasteiger partial charge in [-0.3, -0.25) is 0 Å². The predicted molar refractivity (Wildman–Crippen MR) is 395 cm³/mol. The molecule has 90 heavy (non-hydrogen) atoms. The molecule has 0 radical (unpaired) electrons. The largest absolute Gasteiger partial charge is 0.311 e. The molecule has 0 atom stereocenters. The summed E-state index contributed by atoms with van der Waals surface area (Å²) in [6.45, 7) is 53.5. The smallest absolute Gasteiger partial charge is 0.252 e. The second-order valence-electron chi connectivity index (χ2n) is 35.5. The lowest BCUT2D eigenvalue weighted by Gasteiger charge is -2.49. The minimum atomic E-state index is -0.0789. The summed E-state index contributed by atoms with van der Waals surface area (Å²) < 4.78 is 2.74. The third-order valence-corrected chi connectivity index (χ3v) is 24.4. The van der Waals surface area contributed by atoms with Gasteiger partial charge in [0.2, 0.25) is 0 Å². The summed E-state index contributed by atoms with van der Waals surface area (Å²) in [6, 6.07) is 55.1. The van der Waals surface area contributed by atoms with Gasteiger partial charge in [0.05, 0.1) is 11.4 Å². The topological polar surface area (TPSA) is 9.72 Å². The molecular weight excluding hydrogens is 1110 g/mol. The molecule has 0 N–H and O–H groups in total. The van der Waals surface area contributed by atoms with Crippen LogP contribution in [-0.4, -0.2) is 6.71 Å². The lowest BCUT2D eigenvalue weighted by Crippen LogP contribution is -2.62. The van der Waals surface area contributed by atoms with Crippen molar-refractivity contribution in [3.05, 3.63) is 189 Å². The molecule has 1 aromatic heterocycles. The van der Waals surface area contributed by atoms with Gasteiger partial charge >= 0.3 is 0 Å². The highest BCUT2D eigenvalue weighted by atomic mass is 32.1. The van der Waals surface area contributed by atoms with E-state index in [0.29, 0.717) is 0 Å². The molecule has 9 aromatic rings. The van der Waals surface area contributed by atoms with E-state index < -0.39 is 0 Å². The maximum atomic E-state index is 2.83. The average molecular weight is 1210 g/mol. The van der Waals surface area contributed by atoms with E-state index in [2.05, 4.69) is 300 Å². The zero-order valence-corrected chi connectivity index (χ0v) is 59.6. The third-order valence-electron chi connectivity index (χ3n) is 23.2. The van der Waals surface area contributed by atoms with E-state index in [1.807, 2.05) is 11.3 Å². The van der Waals surface area contributed by atoms with Crippen LogP contribution in [0.25, 0.3) is 20.2 Å². The highest BCUT2D eigenvalue weighted by molar-refractivity contribution is 7.26. The molecule has 2 aliphatic heterocycles. The van der Waals surface area contributed by atoms with Crippen LogP contribution in [0.2, 0.25) is 0 Å². The fourth-order valence-corrected chi connectivity index (χ4v) is 18.4. The maximum Gasteiger partial charge on any atom is 0.252 e. The van der Waals surface area contributed by atoms with E-state index >= 15 is 0 Å². The standard InChI is InChI=1S/C85H100BN3S/c1-51-44-61-64(84(19,20)42-40-81(61,13)14)49-68(51)89-71-47-57(87(54-30-26-52(27-31-54)77(2,3)4)55-32-28-53(29-33-55)78(5,6)7)46-70-74(71)86(66-36-37-72-73(75(66)89)58-24-23-25-60(76(58)90-72)79(8,9)10)67-48-63-65(85(21,22)43-41-83(63,17)18)50-69(67)88(70)56-34-35-59-62(45-56)82(15,16)39-38-80(59,11)12/h23-37,44-50H,38-43H2,1-22H3. The third kappa shape index (κ3) is 9.43. The quantitative estimate of drug-likeness (QED) is 0.159. The Kier molecular flexibility index (Phi) is 13.4. The summed E-state index contributed by atoms with van der Waals surface area (Å²) in [7, 11) is 0. The molecule has 0 saturated heterocycles. The molecule has 0 bridgehead atoms. The number of benzene rings is 8. The summed E-state index contributed by atoms with van der Waals surface area (Å²) in [4.78, 5) is 8.19. The molecule has 0 unspecified atom stereocenters. The minimum absolute atomic E-state index is 0.00395. The molecule has 464 valence electrons. The summed E-state index contributed by atoms with van der Waals surface area (Å²) in [5.41, 5.74) is 29.6.